The molecule has 1 aliphatic carbocycles. The van der Waals surface area contributed by atoms with Crippen LogP contribution in [-0.4, -0.2) is 27.4 Å². The van der Waals surface area contributed by atoms with E-state index in [1.54, 1.807) is 6.20 Å². The quantitative estimate of drug-likeness (QED) is 0.887. The van der Waals surface area contributed by atoms with Gasteiger partial charge in [-0.3, -0.25) is 0 Å². The van der Waals surface area contributed by atoms with Gasteiger partial charge in [-0.1, -0.05) is 37.5 Å². The van der Waals surface area contributed by atoms with Gasteiger partial charge < -0.3 is 10.4 Å². The number of hydrogen-bond donors (Lipinski definition) is 2. The summed E-state index contributed by atoms with van der Waals surface area (Å²) in [5, 5.41) is 22.6. The summed E-state index contributed by atoms with van der Waals surface area (Å²) in [5.74, 6) is 0. The van der Waals surface area contributed by atoms with Gasteiger partial charge in [-0.05, 0) is 18.9 Å². The Bertz CT molecular complexity index is 559. The molecule has 1 fully saturated rings. The fourth-order valence-corrected chi connectivity index (χ4v) is 2.94. The standard InChI is InChI=1S/C15H19N3O/c19-11-15(8-4-1-5-9-15)17-14-10-16-18-13-7-3-2-6-12(13)14/h2-3,6-7,10,19H,1,4-5,8-9,11H2,(H,17,18). The van der Waals surface area contributed by atoms with Gasteiger partial charge in [-0.25, -0.2) is 0 Å². The number of nitrogens with one attached hydrogen (secondary N) is 1. The molecule has 0 atom stereocenters. The van der Waals surface area contributed by atoms with E-state index in [0.717, 1.165) is 29.4 Å². The highest BCUT2D eigenvalue weighted by Crippen LogP contribution is 2.33. The van der Waals surface area contributed by atoms with Crippen LogP contribution in [0, 0.1) is 0 Å². The third-order valence-electron chi connectivity index (χ3n) is 4.06. The molecule has 2 N–H and O–H groups in total. The zero-order valence-corrected chi connectivity index (χ0v) is 11.0. The fraction of sp³-hybridized carbons (Fsp3) is 0.467. The van der Waals surface area contributed by atoms with Crippen molar-refractivity contribution < 1.29 is 5.11 Å². The summed E-state index contributed by atoms with van der Waals surface area (Å²) in [7, 11) is 0. The van der Waals surface area contributed by atoms with Crippen LogP contribution in [0.5, 0.6) is 0 Å². The number of aliphatic hydroxyl groups is 1. The number of fused-ring (bicyclic) bond motifs is 1. The molecule has 0 bridgehead atoms. The molecule has 1 heterocycles. The van der Waals surface area contributed by atoms with Crippen molar-refractivity contribution in [2.45, 2.75) is 37.6 Å². The van der Waals surface area contributed by atoms with E-state index in [-0.39, 0.29) is 12.1 Å². The number of rotatable bonds is 3. The second kappa shape index (κ2) is 5.13. The second-order valence-corrected chi connectivity index (χ2v) is 5.40. The molecule has 3 rings (SSSR count). The molecule has 1 aromatic heterocycles. The first-order valence-electron chi connectivity index (χ1n) is 6.92. The smallest absolute Gasteiger partial charge is 0.0950 e. The summed E-state index contributed by atoms with van der Waals surface area (Å²) in [6.45, 7) is 0.170. The van der Waals surface area contributed by atoms with Crippen LogP contribution in [0.25, 0.3) is 10.9 Å². The average Bonchev–Trinajstić information content (AvgIpc) is 2.49. The predicted molar refractivity (Wildman–Crippen MR) is 76.1 cm³/mol. The van der Waals surface area contributed by atoms with Crippen molar-refractivity contribution in [2.24, 2.45) is 0 Å². The molecule has 4 heteroatoms. The van der Waals surface area contributed by atoms with Crippen molar-refractivity contribution in [3.8, 4) is 0 Å². The molecule has 1 aliphatic rings. The predicted octanol–water partition coefficient (Wildman–Crippen LogP) is 2.74. The largest absolute Gasteiger partial charge is 0.394 e. The van der Waals surface area contributed by atoms with Crippen molar-refractivity contribution in [2.75, 3.05) is 11.9 Å². The maximum Gasteiger partial charge on any atom is 0.0950 e. The second-order valence-electron chi connectivity index (χ2n) is 5.40. The van der Waals surface area contributed by atoms with Crippen LogP contribution in [0.2, 0.25) is 0 Å². The van der Waals surface area contributed by atoms with Crippen LogP contribution in [-0.2, 0) is 0 Å². The van der Waals surface area contributed by atoms with E-state index < -0.39 is 0 Å². The fourth-order valence-electron chi connectivity index (χ4n) is 2.94. The Morgan fingerprint density at radius 2 is 1.95 bits per heavy atom. The number of aromatic nitrogens is 2. The van der Waals surface area contributed by atoms with Gasteiger partial charge in [0, 0.05) is 5.39 Å². The first kappa shape index (κ1) is 12.4. The molecular weight excluding hydrogens is 238 g/mol. The molecule has 1 saturated carbocycles. The Balaban J connectivity index is 1.96. The van der Waals surface area contributed by atoms with E-state index >= 15 is 0 Å². The van der Waals surface area contributed by atoms with Gasteiger partial charge >= 0.3 is 0 Å². The van der Waals surface area contributed by atoms with Gasteiger partial charge in [-0.15, -0.1) is 0 Å². The minimum Gasteiger partial charge on any atom is -0.394 e. The monoisotopic (exact) mass is 257 g/mol. The third kappa shape index (κ3) is 2.40. The first-order chi connectivity index (χ1) is 9.33. The first-order valence-corrected chi connectivity index (χ1v) is 6.92. The molecule has 2 aromatic rings. The third-order valence-corrected chi connectivity index (χ3v) is 4.06. The van der Waals surface area contributed by atoms with Crippen molar-refractivity contribution >= 4 is 16.6 Å². The van der Waals surface area contributed by atoms with Crippen LogP contribution in [0.4, 0.5) is 5.69 Å². The Labute approximate surface area is 112 Å². The maximum absolute atomic E-state index is 9.78. The lowest BCUT2D eigenvalue weighted by Gasteiger charge is -2.37. The number of nitrogens with zero attached hydrogens (tertiary/aromatic N) is 2. The van der Waals surface area contributed by atoms with Crippen LogP contribution in [0.15, 0.2) is 30.5 Å². The maximum atomic E-state index is 9.78. The van der Waals surface area contributed by atoms with E-state index in [1.165, 1.54) is 19.3 Å². The van der Waals surface area contributed by atoms with Crippen molar-refractivity contribution in [1.29, 1.82) is 0 Å². The molecule has 0 saturated heterocycles. The SMILES string of the molecule is OCC1(Nc2cnnc3ccccc23)CCCCC1. The van der Waals surface area contributed by atoms with Gasteiger partial charge in [0.25, 0.3) is 0 Å². The molecule has 19 heavy (non-hydrogen) atoms. The number of benzene rings is 1. The summed E-state index contributed by atoms with van der Waals surface area (Å²) >= 11 is 0. The molecule has 0 amide bonds. The van der Waals surface area contributed by atoms with Crippen molar-refractivity contribution in [1.82, 2.24) is 10.2 Å². The van der Waals surface area contributed by atoms with Gasteiger partial charge in [-0.2, -0.15) is 10.2 Å². The van der Waals surface area contributed by atoms with E-state index in [4.69, 9.17) is 0 Å². The molecule has 0 unspecified atom stereocenters. The van der Waals surface area contributed by atoms with Crippen LogP contribution >= 0.6 is 0 Å². The van der Waals surface area contributed by atoms with Crippen molar-refractivity contribution in [3.63, 3.8) is 0 Å². The molecule has 0 aliphatic heterocycles. The van der Waals surface area contributed by atoms with Crippen LogP contribution in [0.3, 0.4) is 0 Å². The Kier molecular flexibility index (Phi) is 3.34. The van der Waals surface area contributed by atoms with Gasteiger partial charge in [0.15, 0.2) is 0 Å². The Morgan fingerprint density at radius 3 is 2.74 bits per heavy atom. The molecule has 0 spiro atoms. The van der Waals surface area contributed by atoms with E-state index in [0.29, 0.717) is 0 Å². The normalized spacial score (nSPS) is 18.4. The highest BCUT2D eigenvalue weighted by Gasteiger charge is 2.31. The molecule has 0 radical (unpaired) electrons. The summed E-state index contributed by atoms with van der Waals surface area (Å²) in [6.07, 6.45) is 7.39. The zero-order chi connectivity index (χ0) is 13.1. The minimum absolute atomic E-state index is 0.170. The highest BCUT2D eigenvalue weighted by molar-refractivity contribution is 5.90. The minimum atomic E-state index is -0.190. The van der Waals surface area contributed by atoms with Crippen LogP contribution < -0.4 is 5.32 Å². The lowest BCUT2D eigenvalue weighted by Crippen LogP contribution is -2.43. The Hall–Kier alpha value is -1.68. The summed E-state index contributed by atoms with van der Waals surface area (Å²) < 4.78 is 0. The lowest BCUT2D eigenvalue weighted by molar-refractivity contribution is 0.173. The summed E-state index contributed by atoms with van der Waals surface area (Å²) in [4.78, 5) is 0. The van der Waals surface area contributed by atoms with E-state index in [9.17, 15) is 5.11 Å². The highest BCUT2D eigenvalue weighted by atomic mass is 16.3. The van der Waals surface area contributed by atoms with E-state index in [1.807, 2.05) is 24.3 Å². The molecule has 1 aromatic carbocycles. The topological polar surface area (TPSA) is 58.0 Å². The molecule has 4 nitrogen and oxygen atoms in total. The lowest BCUT2D eigenvalue weighted by atomic mass is 9.82. The van der Waals surface area contributed by atoms with Crippen molar-refractivity contribution in [3.05, 3.63) is 30.5 Å². The summed E-state index contributed by atoms with van der Waals surface area (Å²) in [5.41, 5.74) is 1.67. The number of anilines is 1. The van der Waals surface area contributed by atoms with E-state index in [2.05, 4.69) is 15.5 Å². The molecular formula is C15H19N3O. The van der Waals surface area contributed by atoms with Gasteiger partial charge in [0.1, 0.15) is 0 Å². The van der Waals surface area contributed by atoms with Crippen LogP contribution in [0.1, 0.15) is 32.1 Å². The molecule has 100 valence electrons. The summed E-state index contributed by atoms with van der Waals surface area (Å²) in [6, 6.07) is 7.96. The number of aliphatic hydroxyl groups excluding tert-OH is 1. The average molecular weight is 257 g/mol. The Morgan fingerprint density at radius 1 is 1.16 bits per heavy atom. The number of hydrogen-bond acceptors (Lipinski definition) is 4. The van der Waals surface area contributed by atoms with Gasteiger partial charge in [0.05, 0.1) is 29.5 Å². The zero-order valence-electron chi connectivity index (χ0n) is 11.0. The van der Waals surface area contributed by atoms with Gasteiger partial charge in [0.2, 0.25) is 0 Å².